The molecule has 1 N–H and O–H groups in total. The van der Waals surface area contributed by atoms with Crippen LogP contribution < -0.4 is 5.32 Å². The predicted octanol–water partition coefficient (Wildman–Crippen LogP) is 3.97. The molecule has 1 aromatic carbocycles. The summed E-state index contributed by atoms with van der Waals surface area (Å²) >= 11 is 0.699. The highest BCUT2D eigenvalue weighted by Gasteiger charge is 2.38. The molecule has 0 fully saturated rings. The molecule has 1 atom stereocenters. The zero-order valence-corrected chi connectivity index (χ0v) is 14.1. The fourth-order valence-corrected chi connectivity index (χ4v) is 2.71. The van der Waals surface area contributed by atoms with Crippen LogP contribution in [-0.4, -0.2) is 25.9 Å². The summed E-state index contributed by atoms with van der Waals surface area (Å²) in [6, 6.07) is 4.02. The number of aromatic nitrogens is 3. The van der Waals surface area contributed by atoms with Crippen LogP contribution in [0.3, 0.4) is 0 Å². The highest BCUT2D eigenvalue weighted by molar-refractivity contribution is 8.00. The van der Waals surface area contributed by atoms with Crippen LogP contribution in [0.15, 0.2) is 29.4 Å². The molecule has 26 heavy (non-hydrogen) atoms. The Balaban J connectivity index is 2.08. The minimum absolute atomic E-state index is 0.0776. The summed E-state index contributed by atoms with van der Waals surface area (Å²) in [5.74, 6) is -1.91. The molecular weight excluding hydrogens is 386 g/mol. The second kappa shape index (κ2) is 7.17. The van der Waals surface area contributed by atoms with Gasteiger partial charge in [-0.05, 0) is 25.1 Å². The van der Waals surface area contributed by atoms with Gasteiger partial charge in [0.2, 0.25) is 11.7 Å². The number of benzene rings is 1. The summed E-state index contributed by atoms with van der Waals surface area (Å²) in [4.78, 5) is 12.1. The first-order valence-electron chi connectivity index (χ1n) is 7.01. The summed E-state index contributed by atoms with van der Waals surface area (Å²) in [6.07, 6.45) is -9.25. The molecule has 0 aliphatic heterocycles. The van der Waals surface area contributed by atoms with Crippen molar-refractivity contribution in [3.8, 4) is 0 Å². The van der Waals surface area contributed by atoms with E-state index in [0.717, 1.165) is 25.2 Å². The predicted molar refractivity (Wildman–Crippen MR) is 81.4 cm³/mol. The Morgan fingerprint density at radius 3 is 2.35 bits per heavy atom. The second-order valence-corrected chi connectivity index (χ2v) is 6.50. The Kier molecular flexibility index (Phi) is 5.54. The molecule has 142 valence electrons. The van der Waals surface area contributed by atoms with Crippen molar-refractivity contribution in [2.45, 2.75) is 29.7 Å². The molecule has 1 amide bonds. The number of carbonyl (C=O) groups excluding carboxylic acids is 1. The Hall–Kier alpha value is -2.24. The summed E-state index contributed by atoms with van der Waals surface area (Å²) in [7, 11) is 1.10. The highest BCUT2D eigenvalue weighted by Crippen LogP contribution is 2.32. The summed E-state index contributed by atoms with van der Waals surface area (Å²) in [6.45, 7) is 1.38. The number of amides is 1. The van der Waals surface area contributed by atoms with Crippen molar-refractivity contribution in [2.24, 2.45) is 7.05 Å². The smallest absolute Gasteiger partial charge is 0.325 e. The molecule has 12 heteroatoms. The quantitative estimate of drug-likeness (QED) is 0.626. The van der Waals surface area contributed by atoms with Crippen LogP contribution in [-0.2, 0) is 24.2 Å². The number of hydrogen-bond donors (Lipinski definition) is 1. The zero-order valence-electron chi connectivity index (χ0n) is 13.3. The second-order valence-electron chi connectivity index (χ2n) is 5.19. The molecule has 0 aliphatic rings. The molecule has 2 rings (SSSR count). The lowest BCUT2D eigenvalue weighted by Crippen LogP contribution is -2.23. The Labute approximate surface area is 147 Å². The zero-order chi connectivity index (χ0) is 19.7. The number of nitrogens with one attached hydrogen (secondary N) is 1. The largest absolute Gasteiger partial charge is 0.451 e. The van der Waals surface area contributed by atoms with Gasteiger partial charge in [0.1, 0.15) is 0 Å². The van der Waals surface area contributed by atoms with Gasteiger partial charge < -0.3 is 9.88 Å². The van der Waals surface area contributed by atoms with Gasteiger partial charge in [0.05, 0.1) is 10.8 Å². The third-order valence-corrected chi connectivity index (χ3v) is 4.33. The van der Waals surface area contributed by atoms with E-state index in [-0.39, 0.29) is 10.8 Å². The maximum Gasteiger partial charge on any atom is 0.451 e. The average molecular weight is 398 g/mol. The summed E-state index contributed by atoms with van der Waals surface area (Å²) in [5, 5.41) is 7.64. The maximum absolute atomic E-state index is 12.7. The third kappa shape index (κ3) is 4.68. The van der Waals surface area contributed by atoms with E-state index in [1.54, 1.807) is 0 Å². The van der Waals surface area contributed by atoms with Crippen molar-refractivity contribution in [2.75, 3.05) is 5.32 Å². The van der Waals surface area contributed by atoms with Gasteiger partial charge in [-0.1, -0.05) is 17.8 Å². The van der Waals surface area contributed by atoms with Crippen LogP contribution in [0.1, 0.15) is 18.3 Å². The van der Waals surface area contributed by atoms with E-state index < -0.39 is 34.9 Å². The molecule has 0 radical (unpaired) electrons. The summed E-state index contributed by atoms with van der Waals surface area (Å²) < 4.78 is 76.7. The molecule has 0 aliphatic carbocycles. The van der Waals surface area contributed by atoms with E-state index in [2.05, 4.69) is 15.5 Å². The molecule has 0 bridgehead atoms. The van der Waals surface area contributed by atoms with E-state index in [0.29, 0.717) is 16.3 Å². The number of halogens is 6. The lowest BCUT2D eigenvalue weighted by Gasteiger charge is -2.13. The van der Waals surface area contributed by atoms with Gasteiger partial charge in [-0.3, -0.25) is 4.79 Å². The fraction of sp³-hybridized carbons (Fsp3) is 0.357. The van der Waals surface area contributed by atoms with Crippen LogP contribution in [0.25, 0.3) is 0 Å². The normalized spacial score (nSPS) is 13.5. The number of anilines is 1. The van der Waals surface area contributed by atoms with Crippen molar-refractivity contribution < 1.29 is 31.1 Å². The van der Waals surface area contributed by atoms with Crippen LogP contribution in [0.5, 0.6) is 0 Å². The molecule has 0 saturated heterocycles. The Morgan fingerprint density at radius 1 is 1.15 bits per heavy atom. The number of carbonyl (C=O) groups is 1. The number of thioether (sulfide) groups is 1. The first-order chi connectivity index (χ1) is 11.9. The number of rotatable bonds is 4. The van der Waals surface area contributed by atoms with E-state index in [4.69, 9.17) is 0 Å². The SMILES string of the molecule is CC(Sc1nnc(C(F)(F)F)n1C)C(=O)Nc1cccc(C(F)(F)F)c1. The Bertz CT molecular complexity index is 801. The number of alkyl halides is 6. The van der Waals surface area contributed by atoms with Crippen molar-refractivity contribution >= 4 is 23.4 Å². The van der Waals surface area contributed by atoms with E-state index in [1.165, 1.54) is 13.0 Å². The molecule has 5 nitrogen and oxygen atoms in total. The van der Waals surface area contributed by atoms with Gasteiger partial charge in [-0.2, -0.15) is 26.3 Å². The van der Waals surface area contributed by atoms with Gasteiger partial charge in [0, 0.05) is 12.7 Å². The molecular formula is C14H12F6N4OS. The van der Waals surface area contributed by atoms with Crippen molar-refractivity contribution in [3.05, 3.63) is 35.7 Å². The van der Waals surface area contributed by atoms with Gasteiger partial charge in [0.15, 0.2) is 5.16 Å². The first kappa shape index (κ1) is 20.1. The van der Waals surface area contributed by atoms with E-state index in [9.17, 15) is 31.1 Å². The first-order valence-corrected chi connectivity index (χ1v) is 7.89. The highest BCUT2D eigenvalue weighted by atomic mass is 32.2. The number of nitrogens with zero attached hydrogens (tertiary/aromatic N) is 3. The van der Waals surface area contributed by atoms with Gasteiger partial charge >= 0.3 is 12.4 Å². The average Bonchev–Trinajstić information content (AvgIpc) is 2.87. The number of hydrogen-bond acceptors (Lipinski definition) is 4. The van der Waals surface area contributed by atoms with Crippen LogP contribution in [0, 0.1) is 0 Å². The Morgan fingerprint density at radius 2 is 1.81 bits per heavy atom. The molecule has 1 unspecified atom stereocenters. The molecule has 0 spiro atoms. The van der Waals surface area contributed by atoms with Gasteiger partial charge in [-0.25, -0.2) is 0 Å². The molecule has 0 saturated carbocycles. The van der Waals surface area contributed by atoms with Gasteiger partial charge in [0.25, 0.3) is 0 Å². The molecule has 1 aromatic heterocycles. The van der Waals surface area contributed by atoms with Gasteiger partial charge in [-0.15, -0.1) is 10.2 Å². The van der Waals surface area contributed by atoms with Crippen molar-refractivity contribution in [1.82, 2.24) is 14.8 Å². The lowest BCUT2D eigenvalue weighted by atomic mass is 10.2. The van der Waals surface area contributed by atoms with E-state index in [1.807, 2.05) is 0 Å². The lowest BCUT2D eigenvalue weighted by molar-refractivity contribution is -0.147. The molecule has 1 heterocycles. The standard InChI is InChI=1S/C14H12F6N4OS/c1-7(26-12-23-22-11(24(12)2)14(18,19)20)10(25)21-9-5-3-4-8(6-9)13(15,16)17/h3-7H,1-2H3,(H,21,25). The van der Waals surface area contributed by atoms with Crippen LogP contribution >= 0.6 is 11.8 Å². The third-order valence-electron chi connectivity index (χ3n) is 3.20. The van der Waals surface area contributed by atoms with Crippen molar-refractivity contribution in [1.29, 1.82) is 0 Å². The minimum atomic E-state index is -4.69. The minimum Gasteiger partial charge on any atom is -0.325 e. The summed E-state index contributed by atoms with van der Waals surface area (Å²) in [5.41, 5.74) is -1.01. The van der Waals surface area contributed by atoms with Crippen LogP contribution in [0.2, 0.25) is 0 Å². The monoisotopic (exact) mass is 398 g/mol. The van der Waals surface area contributed by atoms with Crippen molar-refractivity contribution in [3.63, 3.8) is 0 Å². The van der Waals surface area contributed by atoms with Crippen LogP contribution in [0.4, 0.5) is 32.0 Å². The van der Waals surface area contributed by atoms with E-state index >= 15 is 0 Å². The fourth-order valence-electron chi connectivity index (χ4n) is 1.89. The molecule has 2 aromatic rings. The topological polar surface area (TPSA) is 59.8 Å². The maximum atomic E-state index is 12.7.